The van der Waals surface area contributed by atoms with Gasteiger partial charge in [-0.3, -0.25) is 11.3 Å². The lowest BCUT2D eigenvalue weighted by molar-refractivity contribution is 0.280. The molecule has 3 N–H and O–H groups in total. The number of hydrazine groups is 1. The number of nitrogens with one attached hydrogen (secondary N) is 1. The number of rotatable bonds is 8. The average molecular weight is 200 g/mol. The lowest BCUT2D eigenvalue weighted by Gasteiger charge is -2.27. The maximum atomic E-state index is 5.62. The molecule has 2 heteroatoms. The molecule has 0 amide bonds. The van der Waals surface area contributed by atoms with E-state index in [2.05, 4.69) is 33.1 Å². The molecule has 14 heavy (non-hydrogen) atoms. The highest BCUT2D eigenvalue weighted by Gasteiger charge is 2.18. The van der Waals surface area contributed by atoms with Crippen molar-refractivity contribution < 1.29 is 0 Å². The van der Waals surface area contributed by atoms with Gasteiger partial charge in [-0.15, -0.1) is 0 Å². The maximum Gasteiger partial charge on any atom is 0.0241 e. The van der Waals surface area contributed by atoms with Crippen LogP contribution in [0.15, 0.2) is 0 Å². The Morgan fingerprint density at radius 2 is 1.71 bits per heavy atom. The fraction of sp³-hybridized carbons (Fsp3) is 1.00. The summed E-state index contributed by atoms with van der Waals surface area (Å²) >= 11 is 0. The van der Waals surface area contributed by atoms with Crippen molar-refractivity contribution in [3.05, 3.63) is 0 Å². The molecule has 0 aliphatic carbocycles. The van der Waals surface area contributed by atoms with Gasteiger partial charge in [0.1, 0.15) is 0 Å². The summed E-state index contributed by atoms with van der Waals surface area (Å²) in [6, 6.07) is 0.506. The van der Waals surface area contributed by atoms with E-state index in [1.807, 2.05) is 0 Å². The van der Waals surface area contributed by atoms with E-state index >= 15 is 0 Å². The van der Waals surface area contributed by atoms with Crippen molar-refractivity contribution >= 4 is 0 Å². The molecule has 0 spiro atoms. The van der Waals surface area contributed by atoms with E-state index < -0.39 is 0 Å². The third-order valence-corrected chi connectivity index (χ3v) is 3.27. The Bertz CT molecular complexity index is 121. The summed E-state index contributed by atoms with van der Waals surface area (Å²) in [7, 11) is 0. The van der Waals surface area contributed by atoms with Crippen LogP contribution >= 0.6 is 0 Å². The van der Waals surface area contributed by atoms with Gasteiger partial charge in [0.05, 0.1) is 0 Å². The van der Waals surface area contributed by atoms with Gasteiger partial charge in [0.15, 0.2) is 0 Å². The molecular weight excluding hydrogens is 172 g/mol. The van der Waals surface area contributed by atoms with Crippen LogP contribution < -0.4 is 11.3 Å². The van der Waals surface area contributed by atoms with Crippen molar-refractivity contribution in [1.29, 1.82) is 0 Å². The van der Waals surface area contributed by atoms with Gasteiger partial charge < -0.3 is 0 Å². The first-order valence-corrected chi connectivity index (χ1v) is 6.15. The highest BCUT2D eigenvalue weighted by molar-refractivity contribution is 4.74. The Morgan fingerprint density at radius 3 is 2.07 bits per heavy atom. The van der Waals surface area contributed by atoms with Crippen LogP contribution in [0.5, 0.6) is 0 Å². The van der Waals surface area contributed by atoms with E-state index in [1.165, 1.54) is 32.1 Å². The zero-order chi connectivity index (χ0) is 11.0. The second kappa shape index (κ2) is 8.25. The van der Waals surface area contributed by atoms with Gasteiger partial charge in [0.25, 0.3) is 0 Å². The summed E-state index contributed by atoms with van der Waals surface area (Å²) < 4.78 is 0. The molecule has 2 atom stereocenters. The Balaban J connectivity index is 3.98. The summed E-state index contributed by atoms with van der Waals surface area (Å²) in [6.45, 7) is 9.08. The van der Waals surface area contributed by atoms with Crippen molar-refractivity contribution in [2.45, 2.75) is 65.8 Å². The fourth-order valence-electron chi connectivity index (χ4n) is 2.30. The highest BCUT2D eigenvalue weighted by atomic mass is 15.2. The van der Waals surface area contributed by atoms with Gasteiger partial charge in [0.2, 0.25) is 0 Å². The fourth-order valence-corrected chi connectivity index (χ4v) is 2.30. The third-order valence-electron chi connectivity index (χ3n) is 3.27. The van der Waals surface area contributed by atoms with Gasteiger partial charge in [-0.1, -0.05) is 53.4 Å². The molecule has 0 rings (SSSR count). The van der Waals surface area contributed by atoms with Crippen LogP contribution in [-0.2, 0) is 0 Å². The zero-order valence-electron chi connectivity index (χ0n) is 10.3. The van der Waals surface area contributed by atoms with Crippen LogP contribution in [0.3, 0.4) is 0 Å². The van der Waals surface area contributed by atoms with Gasteiger partial charge in [-0.25, -0.2) is 0 Å². The first kappa shape index (κ1) is 13.9. The smallest absolute Gasteiger partial charge is 0.0241 e. The second-order valence-corrected chi connectivity index (χ2v) is 4.48. The molecule has 0 saturated carbocycles. The molecule has 0 aliphatic rings. The van der Waals surface area contributed by atoms with Gasteiger partial charge >= 0.3 is 0 Å². The van der Waals surface area contributed by atoms with Crippen molar-refractivity contribution in [2.75, 3.05) is 0 Å². The normalized spacial score (nSPS) is 15.9. The third kappa shape index (κ3) is 4.97. The van der Waals surface area contributed by atoms with Crippen molar-refractivity contribution in [2.24, 2.45) is 17.7 Å². The van der Waals surface area contributed by atoms with Crippen LogP contribution in [0, 0.1) is 11.8 Å². The van der Waals surface area contributed by atoms with Crippen molar-refractivity contribution in [1.82, 2.24) is 5.43 Å². The predicted octanol–water partition coefficient (Wildman–Crippen LogP) is 3.08. The summed E-state index contributed by atoms with van der Waals surface area (Å²) in [5, 5.41) is 0. The van der Waals surface area contributed by atoms with Crippen LogP contribution in [0.4, 0.5) is 0 Å². The minimum Gasteiger partial charge on any atom is -0.271 e. The molecule has 0 aromatic heterocycles. The molecule has 0 radical (unpaired) electrons. The molecule has 2 unspecified atom stereocenters. The van der Waals surface area contributed by atoms with E-state index in [-0.39, 0.29) is 0 Å². The minimum atomic E-state index is 0.506. The van der Waals surface area contributed by atoms with Crippen LogP contribution in [-0.4, -0.2) is 6.04 Å². The quantitative estimate of drug-likeness (QED) is 0.467. The molecule has 0 aliphatic heterocycles. The van der Waals surface area contributed by atoms with Gasteiger partial charge in [-0.2, -0.15) is 0 Å². The summed E-state index contributed by atoms with van der Waals surface area (Å²) in [4.78, 5) is 0. The summed E-state index contributed by atoms with van der Waals surface area (Å²) in [5.41, 5.74) is 2.99. The Hall–Kier alpha value is -0.0800. The lowest BCUT2D eigenvalue weighted by Crippen LogP contribution is -2.41. The molecule has 0 aromatic rings. The Kier molecular flexibility index (Phi) is 8.20. The zero-order valence-corrected chi connectivity index (χ0v) is 10.3. The van der Waals surface area contributed by atoms with E-state index in [4.69, 9.17) is 5.84 Å². The van der Waals surface area contributed by atoms with Gasteiger partial charge in [-0.05, 0) is 18.3 Å². The minimum absolute atomic E-state index is 0.506. The molecule has 0 aromatic carbocycles. The number of hydrogen-bond donors (Lipinski definition) is 2. The number of nitrogens with two attached hydrogens (primary N) is 1. The summed E-state index contributed by atoms with van der Waals surface area (Å²) in [6.07, 6.45) is 6.27. The largest absolute Gasteiger partial charge is 0.271 e. The molecule has 0 fully saturated rings. The topological polar surface area (TPSA) is 38.0 Å². The van der Waals surface area contributed by atoms with Crippen LogP contribution in [0.2, 0.25) is 0 Å². The number of hydrogen-bond acceptors (Lipinski definition) is 2. The van der Waals surface area contributed by atoms with Gasteiger partial charge in [0, 0.05) is 6.04 Å². The lowest BCUT2D eigenvalue weighted by atomic mass is 9.87. The Labute approximate surface area is 89.6 Å². The maximum absolute atomic E-state index is 5.62. The molecule has 86 valence electrons. The van der Waals surface area contributed by atoms with E-state index in [9.17, 15) is 0 Å². The molecule has 2 nitrogen and oxygen atoms in total. The summed E-state index contributed by atoms with van der Waals surface area (Å²) in [5.74, 6) is 7.15. The molecule has 0 bridgehead atoms. The second-order valence-electron chi connectivity index (χ2n) is 4.48. The molecule has 0 saturated heterocycles. The monoisotopic (exact) mass is 200 g/mol. The molecule has 0 heterocycles. The Morgan fingerprint density at radius 1 is 1.14 bits per heavy atom. The van der Waals surface area contributed by atoms with Crippen molar-refractivity contribution in [3.63, 3.8) is 0 Å². The SMILES string of the molecule is CCCC(C)CC(NN)C(CC)CC. The first-order chi connectivity index (χ1) is 6.69. The molecular formula is C12H28N2. The highest BCUT2D eigenvalue weighted by Crippen LogP contribution is 2.21. The van der Waals surface area contributed by atoms with Crippen molar-refractivity contribution in [3.8, 4) is 0 Å². The van der Waals surface area contributed by atoms with E-state index in [1.54, 1.807) is 0 Å². The van der Waals surface area contributed by atoms with Crippen LogP contribution in [0.1, 0.15) is 59.8 Å². The standard InChI is InChI=1S/C12H28N2/c1-5-8-10(4)9-12(14-13)11(6-2)7-3/h10-12,14H,5-9,13H2,1-4H3. The van der Waals surface area contributed by atoms with E-state index in [0.29, 0.717) is 6.04 Å². The average Bonchev–Trinajstić information content (AvgIpc) is 2.18. The van der Waals surface area contributed by atoms with E-state index in [0.717, 1.165) is 11.8 Å². The van der Waals surface area contributed by atoms with Crippen LogP contribution in [0.25, 0.3) is 0 Å². The predicted molar refractivity (Wildman–Crippen MR) is 63.9 cm³/mol. The first-order valence-electron chi connectivity index (χ1n) is 6.15.